The van der Waals surface area contributed by atoms with Gasteiger partial charge in [-0.3, -0.25) is 0 Å². The molecule has 0 spiro atoms. The smallest absolute Gasteiger partial charge is 0.431 e. The number of carbonyl (C=O) groups is 1. The minimum atomic E-state index is -0.628. The molecule has 15 heavy (non-hydrogen) atoms. The van der Waals surface area contributed by atoms with Crippen molar-refractivity contribution in [3.63, 3.8) is 0 Å². The molecule has 0 aromatic carbocycles. The highest BCUT2D eigenvalue weighted by Crippen LogP contribution is 2.25. The molecule has 4 heteroatoms. The molecule has 0 saturated heterocycles. The molecule has 0 N–H and O–H groups in total. The van der Waals surface area contributed by atoms with Crippen LogP contribution in [0.4, 0.5) is 4.79 Å². The number of alkyl halides is 1. The lowest BCUT2D eigenvalue weighted by atomic mass is 9.89. The fourth-order valence-electron chi connectivity index (χ4n) is 1.70. The Bertz CT molecular complexity index is 200. The van der Waals surface area contributed by atoms with E-state index in [1.165, 1.54) is 0 Å². The van der Waals surface area contributed by atoms with E-state index >= 15 is 0 Å². The van der Waals surface area contributed by atoms with E-state index in [0.717, 1.165) is 31.6 Å². The molecule has 1 unspecified atom stereocenters. The maximum atomic E-state index is 11.2. The van der Waals surface area contributed by atoms with E-state index in [-0.39, 0.29) is 6.10 Å². The van der Waals surface area contributed by atoms with Gasteiger partial charge in [0.1, 0.15) is 6.10 Å². The molecule has 1 atom stereocenters. The van der Waals surface area contributed by atoms with Crippen molar-refractivity contribution in [1.82, 2.24) is 0 Å². The fraction of sp³-hybridized carbons (Fsp3) is 0.909. The Morgan fingerprint density at radius 3 is 2.53 bits per heavy atom. The minimum absolute atomic E-state index is 0.0226. The van der Waals surface area contributed by atoms with Crippen molar-refractivity contribution < 1.29 is 14.3 Å². The number of ether oxygens (including phenoxy) is 2. The van der Waals surface area contributed by atoms with Crippen LogP contribution in [0.3, 0.4) is 0 Å². The first kappa shape index (κ1) is 12.6. The maximum Gasteiger partial charge on any atom is 0.510 e. The van der Waals surface area contributed by atoms with Crippen LogP contribution >= 0.6 is 11.6 Å². The lowest BCUT2D eigenvalue weighted by molar-refractivity contribution is -0.0000110. The summed E-state index contributed by atoms with van der Waals surface area (Å²) in [5.41, 5.74) is -0.569. The molecule has 1 aliphatic rings. The minimum Gasteiger partial charge on any atom is -0.431 e. The summed E-state index contributed by atoms with van der Waals surface area (Å²) in [7, 11) is 0. The number of hydrogen-bond donors (Lipinski definition) is 0. The Labute approximate surface area is 96.1 Å². The van der Waals surface area contributed by atoms with E-state index in [1.807, 2.05) is 6.92 Å². The van der Waals surface area contributed by atoms with Crippen molar-refractivity contribution in [3.8, 4) is 0 Å². The Balaban J connectivity index is 2.20. The van der Waals surface area contributed by atoms with Gasteiger partial charge in [-0.05, 0) is 38.0 Å². The largest absolute Gasteiger partial charge is 0.510 e. The molecule has 0 radical (unpaired) electrons. The third-order valence-electron chi connectivity index (χ3n) is 2.77. The fourth-order valence-corrected chi connectivity index (χ4v) is 1.77. The maximum absolute atomic E-state index is 11.2. The van der Waals surface area contributed by atoms with Crippen molar-refractivity contribution in [2.45, 2.75) is 57.6 Å². The molecule has 1 aliphatic carbocycles. The topological polar surface area (TPSA) is 35.5 Å². The summed E-state index contributed by atoms with van der Waals surface area (Å²) in [5.74, 6) is 0.747. The van der Waals surface area contributed by atoms with Gasteiger partial charge in [-0.1, -0.05) is 25.4 Å². The van der Waals surface area contributed by atoms with Gasteiger partial charge in [0.05, 0.1) is 0 Å². The highest BCUT2D eigenvalue weighted by Gasteiger charge is 2.22. The second-order valence-corrected chi connectivity index (χ2v) is 4.67. The molecule has 0 amide bonds. The van der Waals surface area contributed by atoms with Crippen molar-refractivity contribution in [2.75, 3.05) is 0 Å². The molecular weight excluding hydrogens is 216 g/mol. The number of halogens is 1. The SMILES string of the molecule is CCC(Cl)OC(=O)OC1CCC(C)CC1. The number of rotatable bonds is 3. The third kappa shape index (κ3) is 4.74. The average molecular weight is 235 g/mol. The predicted molar refractivity (Wildman–Crippen MR) is 58.9 cm³/mol. The number of carbonyl (C=O) groups excluding carboxylic acids is 1. The van der Waals surface area contributed by atoms with Crippen LogP contribution in [0.1, 0.15) is 46.0 Å². The summed E-state index contributed by atoms with van der Waals surface area (Å²) in [5, 5.41) is 0. The molecular formula is C11H19ClO3. The zero-order valence-electron chi connectivity index (χ0n) is 9.37. The van der Waals surface area contributed by atoms with Crippen LogP contribution in [0.2, 0.25) is 0 Å². The Morgan fingerprint density at radius 1 is 1.40 bits per heavy atom. The van der Waals surface area contributed by atoms with E-state index in [1.54, 1.807) is 0 Å². The molecule has 1 fully saturated rings. The van der Waals surface area contributed by atoms with Crippen LogP contribution in [-0.2, 0) is 9.47 Å². The lowest BCUT2D eigenvalue weighted by Crippen LogP contribution is -2.25. The second-order valence-electron chi connectivity index (χ2n) is 4.19. The normalized spacial score (nSPS) is 28.2. The van der Waals surface area contributed by atoms with Crippen LogP contribution in [0.25, 0.3) is 0 Å². The first-order valence-electron chi connectivity index (χ1n) is 5.63. The van der Waals surface area contributed by atoms with E-state index < -0.39 is 11.7 Å². The molecule has 88 valence electrons. The zero-order chi connectivity index (χ0) is 11.3. The van der Waals surface area contributed by atoms with Crippen LogP contribution < -0.4 is 0 Å². The highest BCUT2D eigenvalue weighted by atomic mass is 35.5. The van der Waals surface area contributed by atoms with Gasteiger partial charge >= 0.3 is 6.16 Å². The van der Waals surface area contributed by atoms with Crippen LogP contribution in [-0.4, -0.2) is 17.8 Å². The molecule has 3 nitrogen and oxygen atoms in total. The standard InChI is InChI=1S/C11H19ClO3/c1-3-10(12)15-11(13)14-9-6-4-8(2)5-7-9/h8-10H,3-7H2,1-2H3. The molecule has 0 aliphatic heterocycles. The van der Waals surface area contributed by atoms with E-state index in [9.17, 15) is 4.79 Å². The quantitative estimate of drug-likeness (QED) is 0.552. The first-order valence-corrected chi connectivity index (χ1v) is 6.06. The van der Waals surface area contributed by atoms with Gasteiger partial charge in [-0.25, -0.2) is 4.79 Å². The van der Waals surface area contributed by atoms with Crippen LogP contribution in [0.15, 0.2) is 0 Å². The summed E-state index contributed by atoms with van der Waals surface area (Å²) in [6.07, 6.45) is 4.11. The van der Waals surface area contributed by atoms with Crippen molar-refractivity contribution in [1.29, 1.82) is 0 Å². The molecule has 0 bridgehead atoms. The molecule has 0 aromatic heterocycles. The average Bonchev–Trinajstić information content (AvgIpc) is 2.21. The van der Waals surface area contributed by atoms with Crippen molar-refractivity contribution >= 4 is 17.8 Å². The Kier molecular flexibility index (Phi) is 5.23. The monoisotopic (exact) mass is 234 g/mol. The van der Waals surface area contributed by atoms with E-state index in [2.05, 4.69) is 6.92 Å². The summed E-state index contributed by atoms with van der Waals surface area (Å²) >= 11 is 5.68. The molecule has 1 saturated carbocycles. The molecule has 1 rings (SSSR count). The summed E-state index contributed by atoms with van der Waals surface area (Å²) in [6.45, 7) is 4.08. The lowest BCUT2D eigenvalue weighted by Gasteiger charge is -2.25. The first-order chi connectivity index (χ1) is 7.11. The summed E-state index contributed by atoms with van der Waals surface area (Å²) in [6, 6.07) is 0. The van der Waals surface area contributed by atoms with Gasteiger partial charge in [0.15, 0.2) is 5.56 Å². The van der Waals surface area contributed by atoms with Crippen molar-refractivity contribution in [2.24, 2.45) is 5.92 Å². The molecule has 0 aromatic rings. The molecule has 0 heterocycles. The van der Waals surface area contributed by atoms with Crippen LogP contribution in [0.5, 0.6) is 0 Å². The van der Waals surface area contributed by atoms with Gasteiger partial charge < -0.3 is 9.47 Å². The van der Waals surface area contributed by atoms with Gasteiger partial charge in [0, 0.05) is 0 Å². The van der Waals surface area contributed by atoms with Crippen LogP contribution in [0, 0.1) is 5.92 Å². The van der Waals surface area contributed by atoms with Gasteiger partial charge in [-0.2, -0.15) is 0 Å². The van der Waals surface area contributed by atoms with Crippen molar-refractivity contribution in [3.05, 3.63) is 0 Å². The zero-order valence-corrected chi connectivity index (χ0v) is 10.1. The second kappa shape index (κ2) is 6.21. The predicted octanol–water partition coefficient (Wildman–Crippen LogP) is 3.69. The third-order valence-corrected chi connectivity index (χ3v) is 3.17. The number of hydrogen-bond acceptors (Lipinski definition) is 3. The summed E-state index contributed by atoms with van der Waals surface area (Å²) < 4.78 is 10.00. The van der Waals surface area contributed by atoms with E-state index in [4.69, 9.17) is 21.1 Å². The van der Waals surface area contributed by atoms with E-state index in [0.29, 0.717) is 6.42 Å². The van der Waals surface area contributed by atoms with Gasteiger partial charge in [0.2, 0.25) is 0 Å². The highest BCUT2D eigenvalue weighted by molar-refractivity contribution is 6.20. The summed E-state index contributed by atoms with van der Waals surface area (Å²) in [4.78, 5) is 11.2. The van der Waals surface area contributed by atoms with Gasteiger partial charge in [-0.15, -0.1) is 0 Å². The van der Waals surface area contributed by atoms with Gasteiger partial charge in [0.25, 0.3) is 0 Å². The Morgan fingerprint density at radius 2 is 2.00 bits per heavy atom. The Hall–Kier alpha value is -0.440.